The van der Waals surface area contributed by atoms with E-state index in [9.17, 15) is 29.4 Å². The van der Waals surface area contributed by atoms with E-state index in [0.29, 0.717) is 24.9 Å². The Hall–Kier alpha value is -3.18. The van der Waals surface area contributed by atoms with Crippen LogP contribution in [0.25, 0.3) is 0 Å². The minimum absolute atomic E-state index is 0.0388. The molecule has 178 valence electrons. The molecule has 1 aromatic rings. The van der Waals surface area contributed by atoms with Gasteiger partial charge < -0.3 is 37.6 Å². The Bertz CT molecular complexity index is 783. The van der Waals surface area contributed by atoms with Crippen LogP contribution >= 0.6 is 0 Å². The fourth-order valence-corrected chi connectivity index (χ4v) is 2.81. The predicted molar refractivity (Wildman–Crippen MR) is 117 cm³/mol. The molecule has 11 nitrogen and oxygen atoms in total. The normalized spacial score (nSPS) is 14.5. The van der Waals surface area contributed by atoms with Crippen LogP contribution in [0.3, 0.4) is 0 Å². The van der Waals surface area contributed by atoms with E-state index in [-0.39, 0.29) is 18.6 Å². The van der Waals surface area contributed by atoms with Crippen LogP contribution in [0.5, 0.6) is 5.75 Å². The first-order chi connectivity index (χ1) is 15.0. The zero-order valence-electron chi connectivity index (χ0n) is 18.3. The van der Waals surface area contributed by atoms with Crippen molar-refractivity contribution in [3.63, 3.8) is 0 Å². The molecule has 0 radical (unpaired) electrons. The molecule has 11 heteroatoms. The number of carboxylic acid groups (broad SMARTS) is 1. The Kier molecular flexibility index (Phi) is 11.1. The fraction of sp³-hybridized carbons (Fsp3) is 0.524. The second kappa shape index (κ2) is 13.3. The van der Waals surface area contributed by atoms with Gasteiger partial charge >= 0.3 is 5.97 Å². The van der Waals surface area contributed by atoms with E-state index >= 15 is 0 Å². The quantitative estimate of drug-likeness (QED) is 0.185. The van der Waals surface area contributed by atoms with E-state index in [0.717, 1.165) is 0 Å². The van der Waals surface area contributed by atoms with E-state index in [1.54, 1.807) is 12.1 Å². The van der Waals surface area contributed by atoms with Crippen LogP contribution in [-0.4, -0.2) is 64.6 Å². The largest absolute Gasteiger partial charge is 0.508 e. The molecule has 9 N–H and O–H groups in total. The van der Waals surface area contributed by atoms with Gasteiger partial charge in [0.25, 0.3) is 0 Å². The molecular weight excluding hydrogens is 418 g/mol. The van der Waals surface area contributed by atoms with Crippen LogP contribution in [0.2, 0.25) is 0 Å². The van der Waals surface area contributed by atoms with Crippen molar-refractivity contribution in [1.82, 2.24) is 16.0 Å². The Balaban J connectivity index is 2.96. The van der Waals surface area contributed by atoms with Crippen LogP contribution < -0.4 is 27.4 Å². The van der Waals surface area contributed by atoms with Gasteiger partial charge in [-0.05, 0) is 57.4 Å². The van der Waals surface area contributed by atoms with E-state index in [4.69, 9.17) is 11.5 Å². The monoisotopic (exact) mass is 451 g/mol. The summed E-state index contributed by atoms with van der Waals surface area (Å²) in [6.07, 6.45) is 1.37. The Morgan fingerprint density at radius 3 is 2.03 bits per heavy atom. The SMILES string of the molecule is CC(N)C(=O)NC(C)C(=O)NC(Cc1ccc(O)cc1)C(=O)NC(CCCCN)C(=O)O. The van der Waals surface area contributed by atoms with Gasteiger partial charge in [-0.1, -0.05) is 12.1 Å². The molecule has 0 spiro atoms. The standard InChI is InChI=1S/C21H33N5O6/c1-12(23)18(28)24-13(2)19(29)26-17(11-14-6-8-15(27)9-7-14)20(30)25-16(21(31)32)5-3-4-10-22/h6-9,12-13,16-17,27H,3-5,10-11,22-23H2,1-2H3,(H,24,28)(H,25,30)(H,26,29)(H,31,32). The van der Waals surface area contributed by atoms with Crippen molar-refractivity contribution in [3.8, 4) is 5.75 Å². The summed E-state index contributed by atoms with van der Waals surface area (Å²) in [7, 11) is 0. The van der Waals surface area contributed by atoms with E-state index in [2.05, 4.69) is 16.0 Å². The highest BCUT2D eigenvalue weighted by Crippen LogP contribution is 2.12. The number of rotatable bonds is 13. The third kappa shape index (κ3) is 9.31. The number of amides is 3. The average Bonchev–Trinajstić information content (AvgIpc) is 2.73. The lowest BCUT2D eigenvalue weighted by atomic mass is 10.0. The van der Waals surface area contributed by atoms with Gasteiger partial charge in [0.05, 0.1) is 6.04 Å². The number of carboxylic acids is 1. The molecule has 0 saturated carbocycles. The number of unbranched alkanes of at least 4 members (excludes halogenated alkanes) is 1. The maximum atomic E-state index is 12.9. The molecule has 0 heterocycles. The second-order valence-corrected chi connectivity index (χ2v) is 7.63. The Morgan fingerprint density at radius 1 is 0.906 bits per heavy atom. The Morgan fingerprint density at radius 2 is 1.50 bits per heavy atom. The zero-order valence-corrected chi connectivity index (χ0v) is 18.3. The number of nitrogens with one attached hydrogen (secondary N) is 3. The maximum absolute atomic E-state index is 12.9. The molecule has 1 aromatic carbocycles. The number of phenols is 1. The fourth-order valence-electron chi connectivity index (χ4n) is 2.81. The Labute approximate surface area is 186 Å². The summed E-state index contributed by atoms with van der Waals surface area (Å²) in [6, 6.07) is 2.00. The highest BCUT2D eigenvalue weighted by Gasteiger charge is 2.28. The van der Waals surface area contributed by atoms with Gasteiger partial charge in [0.1, 0.15) is 23.9 Å². The van der Waals surface area contributed by atoms with Crippen molar-refractivity contribution in [2.75, 3.05) is 6.54 Å². The van der Waals surface area contributed by atoms with Crippen molar-refractivity contribution in [2.45, 2.75) is 63.7 Å². The first-order valence-corrected chi connectivity index (χ1v) is 10.4. The summed E-state index contributed by atoms with van der Waals surface area (Å²) in [5, 5.41) is 26.3. The molecule has 0 fully saturated rings. The van der Waals surface area contributed by atoms with E-state index in [1.165, 1.54) is 26.0 Å². The molecule has 0 aliphatic rings. The summed E-state index contributed by atoms with van der Waals surface area (Å²) in [5.74, 6) is -3.00. The van der Waals surface area contributed by atoms with Gasteiger partial charge in [0, 0.05) is 6.42 Å². The van der Waals surface area contributed by atoms with Gasteiger partial charge in [-0.3, -0.25) is 14.4 Å². The zero-order chi connectivity index (χ0) is 24.3. The van der Waals surface area contributed by atoms with Gasteiger partial charge in [-0.25, -0.2) is 4.79 Å². The van der Waals surface area contributed by atoms with Gasteiger partial charge in [-0.15, -0.1) is 0 Å². The number of aromatic hydroxyl groups is 1. The maximum Gasteiger partial charge on any atom is 0.326 e. The second-order valence-electron chi connectivity index (χ2n) is 7.63. The molecule has 4 atom stereocenters. The van der Waals surface area contributed by atoms with Gasteiger partial charge in [0.15, 0.2) is 0 Å². The third-order valence-corrected chi connectivity index (χ3v) is 4.74. The van der Waals surface area contributed by atoms with Crippen molar-refractivity contribution in [1.29, 1.82) is 0 Å². The number of phenolic OH excluding ortho intramolecular Hbond substituents is 1. The highest BCUT2D eigenvalue weighted by atomic mass is 16.4. The summed E-state index contributed by atoms with van der Waals surface area (Å²) >= 11 is 0. The predicted octanol–water partition coefficient (Wildman–Crippen LogP) is -1.03. The lowest BCUT2D eigenvalue weighted by Gasteiger charge is -2.23. The average molecular weight is 452 g/mol. The number of hydrogen-bond acceptors (Lipinski definition) is 7. The number of benzene rings is 1. The number of nitrogens with two attached hydrogens (primary N) is 2. The van der Waals surface area contributed by atoms with Gasteiger partial charge in [-0.2, -0.15) is 0 Å². The molecule has 1 rings (SSSR count). The lowest BCUT2D eigenvalue weighted by molar-refractivity contribution is -0.142. The summed E-state index contributed by atoms with van der Waals surface area (Å²) in [4.78, 5) is 48.7. The van der Waals surface area contributed by atoms with Crippen LogP contribution in [0.15, 0.2) is 24.3 Å². The first kappa shape index (κ1) is 26.9. The van der Waals surface area contributed by atoms with Gasteiger partial charge in [0.2, 0.25) is 17.7 Å². The minimum atomic E-state index is -1.19. The van der Waals surface area contributed by atoms with E-state index in [1.807, 2.05) is 0 Å². The molecule has 32 heavy (non-hydrogen) atoms. The summed E-state index contributed by atoms with van der Waals surface area (Å²) in [5.41, 5.74) is 11.6. The van der Waals surface area contributed by atoms with Crippen molar-refractivity contribution in [2.24, 2.45) is 11.5 Å². The molecule has 3 amide bonds. The van der Waals surface area contributed by atoms with E-state index < -0.39 is 47.9 Å². The molecule has 4 unspecified atom stereocenters. The van der Waals surface area contributed by atoms with Crippen LogP contribution in [-0.2, 0) is 25.6 Å². The van der Waals surface area contributed by atoms with Crippen molar-refractivity contribution >= 4 is 23.7 Å². The highest BCUT2D eigenvalue weighted by molar-refractivity contribution is 5.93. The molecule has 0 bridgehead atoms. The van der Waals surface area contributed by atoms with Crippen LogP contribution in [0.4, 0.5) is 0 Å². The van der Waals surface area contributed by atoms with Crippen LogP contribution in [0, 0.1) is 0 Å². The first-order valence-electron chi connectivity index (χ1n) is 10.4. The smallest absolute Gasteiger partial charge is 0.326 e. The molecule has 0 saturated heterocycles. The third-order valence-electron chi connectivity index (χ3n) is 4.74. The van der Waals surface area contributed by atoms with Crippen LogP contribution in [0.1, 0.15) is 38.7 Å². The molecule has 0 aliphatic heterocycles. The number of aliphatic carboxylic acids is 1. The minimum Gasteiger partial charge on any atom is -0.508 e. The molecule has 0 aromatic heterocycles. The lowest BCUT2D eigenvalue weighted by Crippen LogP contribution is -2.56. The topological polar surface area (TPSA) is 197 Å². The summed E-state index contributed by atoms with van der Waals surface area (Å²) in [6.45, 7) is 3.32. The number of carbonyl (C=O) groups is 4. The molecule has 0 aliphatic carbocycles. The number of hydrogen-bond donors (Lipinski definition) is 7. The number of carbonyl (C=O) groups excluding carboxylic acids is 3. The van der Waals surface area contributed by atoms with Crippen molar-refractivity contribution in [3.05, 3.63) is 29.8 Å². The van der Waals surface area contributed by atoms with Crippen molar-refractivity contribution < 1.29 is 29.4 Å². The molecular formula is C21H33N5O6. The summed E-state index contributed by atoms with van der Waals surface area (Å²) < 4.78 is 0.